The number of amides is 1. The van der Waals surface area contributed by atoms with E-state index in [1.807, 2.05) is 54.6 Å². The van der Waals surface area contributed by atoms with Gasteiger partial charge in [0.1, 0.15) is 0 Å². The van der Waals surface area contributed by atoms with Crippen LogP contribution < -0.4 is 4.90 Å². The lowest BCUT2D eigenvalue weighted by atomic mass is 9.82. The monoisotopic (exact) mass is 691 g/mol. The standard InChI is InChI=1S/C51H33NO2/c1-52(35-20-9-4-10-21-35)51(54)44-30-28-36(38-24-13-19-34(31-53)45(38)44)37-27-29-43-48-39(37)25-14-26-42(48)49-46(32-15-5-2-6-16-32)40-22-11-12-23-41(40)47(50(43)49)33-17-7-3-8-18-33/h2-31H,1H3. The molecule has 254 valence electrons. The first-order valence-electron chi connectivity index (χ1n) is 18.2. The number of hydrogen-bond donors (Lipinski definition) is 0. The maximum atomic E-state index is 14.1. The van der Waals surface area contributed by atoms with Gasteiger partial charge in [0.15, 0.2) is 6.29 Å². The van der Waals surface area contributed by atoms with Crippen LogP contribution in [0.2, 0.25) is 0 Å². The number of rotatable bonds is 6. The van der Waals surface area contributed by atoms with Gasteiger partial charge >= 0.3 is 0 Å². The van der Waals surface area contributed by atoms with Gasteiger partial charge in [0, 0.05) is 29.2 Å². The number of para-hydroxylation sites is 1. The van der Waals surface area contributed by atoms with Gasteiger partial charge in [-0.2, -0.15) is 0 Å². The Morgan fingerprint density at radius 2 is 0.889 bits per heavy atom. The Labute approximate surface area is 313 Å². The first-order valence-corrected chi connectivity index (χ1v) is 18.2. The summed E-state index contributed by atoms with van der Waals surface area (Å²) in [4.78, 5) is 28.4. The van der Waals surface area contributed by atoms with E-state index in [9.17, 15) is 9.59 Å². The average molecular weight is 692 g/mol. The van der Waals surface area contributed by atoms with Crippen molar-refractivity contribution in [2.24, 2.45) is 0 Å². The maximum absolute atomic E-state index is 14.1. The van der Waals surface area contributed by atoms with Gasteiger partial charge in [-0.25, -0.2) is 0 Å². The molecule has 0 N–H and O–H groups in total. The Balaban J connectivity index is 1.26. The molecule has 0 fully saturated rings. The minimum atomic E-state index is -0.170. The molecule has 3 heteroatoms. The number of carbonyl (C=O) groups is 2. The van der Waals surface area contributed by atoms with Crippen molar-refractivity contribution in [3.63, 3.8) is 0 Å². The summed E-state index contributed by atoms with van der Waals surface area (Å²) in [7, 11) is 1.78. The SMILES string of the molecule is CN(C(=O)c1ccc(-c2ccc3c4c(cccc24)-c2c-3c(-c3ccccc3)c3ccccc3c2-c2ccccc2)c2cccc(C=O)c12)c1ccccc1. The van der Waals surface area contributed by atoms with Crippen molar-refractivity contribution >= 4 is 50.2 Å². The van der Waals surface area contributed by atoms with Crippen LogP contribution in [0.25, 0.3) is 88.0 Å². The zero-order chi connectivity index (χ0) is 36.3. The summed E-state index contributed by atoms with van der Waals surface area (Å²) in [6.45, 7) is 0. The number of anilines is 1. The van der Waals surface area contributed by atoms with E-state index in [-0.39, 0.29) is 5.91 Å². The summed E-state index contributed by atoms with van der Waals surface area (Å²) in [5.41, 5.74) is 13.5. The molecule has 1 aliphatic rings. The number of nitrogens with zero attached hydrogens (tertiary/aromatic N) is 1. The number of hydrogen-bond acceptors (Lipinski definition) is 2. The van der Waals surface area contributed by atoms with E-state index in [2.05, 4.69) is 115 Å². The first-order chi connectivity index (χ1) is 26.6. The smallest absolute Gasteiger partial charge is 0.258 e. The second-order valence-electron chi connectivity index (χ2n) is 13.9. The molecule has 0 spiro atoms. The van der Waals surface area contributed by atoms with Crippen molar-refractivity contribution in [3.05, 3.63) is 187 Å². The third-order valence-corrected chi connectivity index (χ3v) is 11.1. The largest absolute Gasteiger partial charge is 0.311 e. The van der Waals surface area contributed by atoms with E-state index in [1.165, 1.54) is 60.7 Å². The molecule has 3 nitrogen and oxygen atoms in total. The lowest BCUT2D eigenvalue weighted by Crippen LogP contribution is -2.26. The lowest BCUT2D eigenvalue weighted by Gasteiger charge is -2.20. The Morgan fingerprint density at radius 1 is 0.426 bits per heavy atom. The molecule has 0 aromatic heterocycles. The zero-order valence-corrected chi connectivity index (χ0v) is 29.6. The Morgan fingerprint density at radius 3 is 1.48 bits per heavy atom. The predicted octanol–water partition coefficient (Wildman–Crippen LogP) is 12.9. The molecule has 54 heavy (non-hydrogen) atoms. The van der Waals surface area contributed by atoms with E-state index in [4.69, 9.17) is 0 Å². The van der Waals surface area contributed by atoms with Gasteiger partial charge < -0.3 is 4.90 Å². The highest BCUT2D eigenvalue weighted by atomic mass is 16.2. The molecule has 10 rings (SSSR count). The fraction of sp³-hybridized carbons (Fsp3) is 0.0196. The number of benzene rings is 9. The molecular formula is C51H33NO2. The summed E-state index contributed by atoms with van der Waals surface area (Å²) in [6.07, 6.45) is 0.858. The molecule has 0 unspecified atom stereocenters. The normalized spacial score (nSPS) is 11.6. The summed E-state index contributed by atoms with van der Waals surface area (Å²) < 4.78 is 0. The van der Waals surface area contributed by atoms with Gasteiger partial charge in [-0.1, -0.05) is 158 Å². The second kappa shape index (κ2) is 12.5. The van der Waals surface area contributed by atoms with Crippen LogP contribution >= 0.6 is 0 Å². The Kier molecular flexibility index (Phi) is 7.34. The van der Waals surface area contributed by atoms with Crippen molar-refractivity contribution in [1.82, 2.24) is 0 Å². The highest BCUT2D eigenvalue weighted by Gasteiger charge is 2.31. The molecule has 0 saturated carbocycles. The fourth-order valence-electron chi connectivity index (χ4n) is 8.74. The highest BCUT2D eigenvalue weighted by Crippen LogP contribution is 2.58. The zero-order valence-electron chi connectivity index (χ0n) is 29.6. The number of fused-ring (bicyclic) bond motifs is 5. The van der Waals surface area contributed by atoms with Crippen molar-refractivity contribution in [2.45, 2.75) is 0 Å². The molecule has 1 amide bonds. The molecule has 0 saturated heterocycles. The maximum Gasteiger partial charge on any atom is 0.258 e. The minimum Gasteiger partial charge on any atom is -0.311 e. The van der Waals surface area contributed by atoms with Crippen LogP contribution in [0.1, 0.15) is 20.7 Å². The van der Waals surface area contributed by atoms with Gasteiger partial charge in [-0.15, -0.1) is 0 Å². The van der Waals surface area contributed by atoms with Gasteiger partial charge in [-0.3, -0.25) is 9.59 Å². The second-order valence-corrected chi connectivity index (χ2v) is 13.9. The quantitative estimate of drug-likeness (QED) is 0.163. The van der Waals surface area contributed by atoms with Crippen molar-refractivity contribution in [1.29, 1.82) is 0 Å². The number of carbonyl (C=O) groups excluding carboxylic acids is 2. The molecule has 0 bridgehead atoms. The van der Waals surface area contributed by atoms with Crippen LogP contribution in [0.3, 0.4) is 0 Å². The van der Waals surface area contributed by atoms with E-state index in [0.29, 0.717) is 16.5 Å². The van der Waals surface area contributed by atoms with E-state index >= 15 is 0 Å². The van der Waals surface area contributed by atoms with E-state index in [1.54, 1.807) is 18.0 Å². The first kappa shape index (κ1) is 31.6. The third-order valence-electron chi connectivity index (χ3n) is 11.1. The van der Waals surface area contributed by atoms with E-state index < -0.39 is 0 Å². The summed E-state index contributed by atoms with van der Waals surface area (Å²) in [5.74, 6) is -0.170. The molecule has 9 aromatic rings. The Hall–Kier alpha value is -7.10. The fourth-order valence-corrected chi connectivity index (χ4v) is 8.74. The molecule has 0 heterocycles. The van der Waals surface area contributed by atoms with Crippen LogP contribution in [0.15, 0.2) is 176 Å². The molecule has 0 aliphatic heterocycles. The third kappa shape index (κ3) is 4.69. The summed E-state index contributed by atoms with van der Waals surface area (Å²) in [6, 6.07) is 60.7. The van der Waals surface area contributed by atoms with Crippen molar-refractivity contribution in [3.8, 4) is 55.6 Å². The van der Waals surface area contributed by atoms with Crippen LogP contribution in [-0.2, 0) is 0 Å². The van der Waals surface area contributed by atoms with Crippen LogP contribution in [-0.4, -0.2) is 19.2 Å². The van der Waals surface area contributed by atoms with Crippen LogP contribution in [0, 0.1) is 0 Å². The lowest BCUT2D eigenvalue weighted by molar-refractivity contribution is 0.0994. The molecule has 0 atom stereocenters. The minimum absolute atomic E-state index is 0.170. The van der Waals surface area contributed by atoms with Gasteiger partial charge in [0.05, 0.1) is 0 Å². The molecule has 1 aliphatic carbocycles. The van der Waals surface area contributed by atoms with Gasteiger partial charge in [0.25, 0.3) is 5.91 Å². The molecule has 0 radical (unpaired) electrons. The predicted molar refractivity (Wildman–Crippen MR) is 224 cm³/mol. The summed E-state index contributed by atoms with van der Waals surface area (Å²) in [5, 5.41) is 6.30. The van der Waals surface area contributed by atoms with Crippen LogP contribution in [0.4, 0.5) is 5.69 Å². The van der Waals surface area contributed by atoms with Crippen LogP contribution in [0.5, 0.6) is 0 Å². The molecule has 9 aromatic carbocycles. The van der Waals surface area contributed by atoms with Crippen molar-refractivity contribution < 1.29 is 9.59 Å². The van der Waals surface area contributed by atoms with Crippen molar-refractivity contribution in [2.75, 3.05) is 11.9 Å². The highest BCUT2D eigenvalue weighted by molar-refractivity contribution is 6.29. The van der Waals surface area contributed by atoms with E-state index in [0.717, 1.165) is 33.9 Å². The van der Waals surface area contributed by atoms with Gasteiger partial charge in [0.2, 0.25) is 0 Å². The summed E-state index contributed by atoms with van der Waals surface area (Å²) >= 11 is 0. The average Bonchev–Trinajstić information content (AvgIpc) is 3.57. The topological polar surface area (TPSA) is 37.4 Å². The van der Waals surface area contributed by atoms with Gasteiger partial charge in [-0.05, 0) is 101 Å². The molecular weight excluding hydrogens is 659 g/mol. The number of aldehydes is 1. The Bertz CT molecular complexity index is 2880.